The number of likely N-dealkylation sites (N-methyl/N-ethyl adjacent to an activating group) is 1. The smallest absolute Gasteiger partial charge is 0.383 e. The molecule has 0 radical (unpaired) electrons. The van der Waals surface area contributed by atoms with Gasteiger partial charge in [0, 0.05) is 13.1 Å². The molecule has 23 heavy (non-hydrogen) atoms. The number of amides is 1. The minimum absolute atomic E-state index is 0.0367. The Hall–Kier alpha value is -1.08. The van der Waals surface area contributed by atoms with Crippen LogP contribution < -0.4 is 0 Å². The molecule has 1 rings (SSSR count). The molecule has 2 atom stereocenters. The van der Waals surface area contributed by atoms with E-state index in [1.165, 1.54) is 0 Å². The van der Waals surface area contributed by atoms with E-state index in [2.05, 4.69) is 6.58 Å². The Balaban J connectivity index is 2.59. The number of hydrogen-bond acceptors (Lipinski definition) is 3. The van der Waals surface area contributed by atoms with Crippen LogP contribution in [0.3, 0.4) is 0 Å². The molecule has 1 heterocycles. The van der Waals surface area contributed by atoms with Gasteiger partial charge in [-0.05, 0) is 52.6 Å². The first-order valence-electron chi connectivity index (χ1n) is 7.99. The number of alkyl halides is 3. The van der Waals surface area contributed by atoms with E-state index in [9.17, 15) is 23.1 Å². The monoisotopic (exact) mass is 336 g/mol. The van der Waals surface area contributed by atoms with E-state index in [4.69, 9.17) is 0 Å². The normalized spacial score (nSPS) is 20.1. The number of aliphatic hydroxyl groups excluding tert-OH is 1. The molecule has 0 spiro atoms. The number of rotatable bonds is 6. The predicted molar refractivity (Wildman–Crippen MR) is 82.9 cm³/mol. The van der Waals surface area contributed by atoms with E-state index < -0.39 is 18.2 Å². The molecular weight excluding hydrogens is 309 g/mol. The number of likely N-dealkylation sites (tertiary alicyclic amines) is 1. The van der Waals surface area contributed by atoms with Crippen molar-refractivity contribution >= 4 is 5.91 Å². The van der Waals surface area contributed by atoms with Gasteiger partial charge in [0.05, 0.1) is 6.04 Å². The quantitative estimate of drug-likeness (QED) is 0.758. The van der Waals surface area contributed by atoms with Gasteiger partial charge in [0.1, 0.15) is 0 Å². The lowest BCUT2D eigenvalue weighted by Gasteiger charge is -2.38. The zero-order valence-corrected chi connectivity index (χ0v) is 14.1. The van der Waals surface area contributed by atoms with E-state index in [1.807, 2.05) is 18.7 Å². The maximum absolute atomic E-state index is 12.6. The van der Waals surface area contributed by atoms with Crippen LogP contribution in [0.4, 0.5) is 13.2 Å². The van der Waals surface area contributed by atoms with Crippen molar-refractivity contribution in [2.75, 3.05) is 26.2 Å². The second-order valence-corrected chi connectivity index (χ2v) is 6.35. The van der Waals surface area contributed by atoms with Gasteiger partial charge in [-0.1, -0.05) is 12.2 Å². The van der Waals surface area contributed by atoms with Crippen molar-refractivity contribution in [2.45, 2.75) is 51.9 Å². The third kappa shape index (κ3) is 5.49. The van der Waals surface area contributed by atoms with Gasteiger partial charge < -0.3 is 10.0 Å². The Bertz CT molecular complexity index is 418. The summed E-state index contributed by atoms with van der Waals surface area (Å²) in [5.74, 6) is -0.823. The molecule has 4 nitrogen and oxygen atoms in total. The summed E-state index contributed by atoms with van der Waals surface area (Å²) in [4.78, 5) is 16.1. The summed E-state index contributed by atoms with van der Waals surface area (Å²) < 4.78 is 37.7. The van der Waals surface area contributed by atoms with Crippen molar-refractivity contribution in [3.05, 3.63) is 12.2 Å². The van der Waals surface area contributed by atoms with Crippen LogP contribution in [0.2, 0.25) is 0 Å². The van der Waals surface area contributed by atoms with Crippen molar-refractivity contribution in [3.63, 3.8) is 0 Å². The molecule has 0 bridgehead atoms. The fourth-order valence-corrected chi connectivity index (χ4v) is 2.98. The molecule has 7 heteroatoms. The summed E-state index contributed by atoms with van der Waals surface area (Å²) in [6.45, 7) is 11.2. The highest BCUT2D eigenvalue weighted by molar-refractivity contribution is 5.81. The number of halogens is 3. The van der Waals surface area contributed by atoms with Gasteiger partial charge in [-0.15, -0.1) is 0 Å². The third-order valence-corrected chi connectivity index (χ3v) is 4.42. The molecule has 2 unspecified atom stereocenters. The van der Waals surface area contributed by atoms with E-state index >= 15 is 0 Å². The topological polar surface area (TPSA) is 43.8 Å². The maximum atomic E-state index is 12.6. The molecule has 1 aliphatic heterocycles. The van der Waals surface area contributed by atoms with E-state index in [0.717, 1.165) is 5.57 Å². The number of piperidine rings is 1. The first-order valence-corrected chi connectivity index (χ1v) is 7.99. The Kier molecular flexibility index (Phi) is 7.07. The molecule has 0 aliphatic carbocycles. The fourth-order valence-electron chi connectivity index (χ4n) is 2.98. The van der Waals surface area contributed by atoms with Crippen LogP contribution in [-0.2, 0) is 4.79 Å². The lowest BCUT2D eigenvalue weighted by molar-refractivity contribution is -0.223. The second kappa shape index (κ2) is 8.15. The van der Waals surface area contributed by atoms with Gasteiger partial charge in [0.25, 0.3) is 0 Å². The molecule has 0 aromatic carbocycles. The average Bonchev–Trinajstić information content (AvgIpc) is 2.49. The van der Waals surface area contributed by atoms with Crippen LogP contribution in [0.15, 0.2) is 12.2 Å². The summed E-state index contributed by atoms with van der Waals surface area (Å²) in [7, 11) is 0. The van der Waals surface area contributed by atoms with Crippen LogP contribution in [-0.4, -0.2) is 65.3 Å². The van der Waals surface area contributed by atoms with Crippen LogP contribution >= 0.6 is 0 Å². The van der Waals surface area contributed by atoms with Crippen LogP contribution in [0.1, 0.15) is 33.6 Å². The highest BCUT2D eigenvalue weighted by Crippen LogP contribution is 2.32. The number of aliphatic hydroxyl groups is 1. The van der Waals surface area contributed by atoms with Gasteiger partial charge in [-0.25, -0.2) is 0 Å². The lowest BCUT2D eigenvalue weighted by atomic mass is 9.90. The summed E-state index contributed by atoms with van der Waals surface area (Å²) in [6.07, 6.45) is -6.36. The summed E-state index contributed by atoms with van der Waals surface area (Å²) in [5, 5.41) is 9.34. The van der Waals surface area contributed by atoms with Crippen molar-refractivity contribution in [1.29, 1.82) is 0 Å². The van der Waals surface area contributed by atoms with Gasteiger partial charge in [-0.3, -0.25) is 9.69 Å². The minimum Gasteiger partial charge on any atom is -0.383 e. The SMILES string of the molecule is C=C(C)CN(CC)C(=O)C(C)N1CCC(C(O)C(F)(F)F)CC1. The van der Waals surface area contributed by atoms with Crippen molar-refractivity contribution in [3.8, 4) is 0 Å². The van der Waals surface area contributed by atoms with Crippen molar-refractivity contribution in [1.82, 2.24) is 9.80 Å². The summed E-state index contributed by atoms with van der Waals surface area (Å²) >= 11 is 0. The lowest BCUT2D eigenvalue weighted by Crippen LogP contribution is -2.51. The predicted octanol–water partition coefficient (Wildman–Crippen LogP) is 2.43. The van der Waals surface area contributed by atoms with Crippen LogP contribution in [0.5, 0.6) is 0 Å². The number of carbonyl (C=O) groups excluding carboxylic acids is 1. The average molecular weight is 336 g/mol. The van der Waals surface area contributed by atoms with Gasteiger partial charge >= 0.3 is 6.18 Å². The molecule has 1 amide bonds. The maximum Gasteiger partial charge on any atom is 0.414 e. The molecule has 0 aromatic rings. The van der Waals surface area contributed by atoms with Crippen molar-refractivity contribution in [2.24, 2.45) is 5.92 Å². The molecule has 0 aromatic heterocycles. The number of hydrogen-bond donors (Lipinski definition) is 1. The molecule has 134 valence electrons. The largest absolute Gasteiger partial charge is 0.414 e. The summed E-state index contributed by atoms with van der Waals surface area (Å²) in [5.41, 5.74) is 0.888. The first kappa shape index (κ1) is 20.0. The molecule has 0 saturated carbocycles. The van der Waals surface area contributed by atoms with Crippen molar-refractivity contribution < 1.29 is 23.1 Å². The highest BCUT2D eigenvalue weighted by Gasteiger charge is 2.44. The molecule has 1 fully saturated rings. The minimum atomic E-state index is -4.57. The van der Waals surface area contributed by atoms with E-state index in [-0.39, 0.29) is 24.8 Å². The standard InChI is InChI=1S/C16H27F3N2O2/c1-5-20(10-11(2)3)15(23)12(4)21-8-6-13(7-9-21)14(22)16(17,18)19/h12-14,22H,2,5-10H2,1,3-4H3. The van der Waals surface area contributed by atoms with E-state index in [1.54, 1.807) is 11.8 Å². The number of carbonyl (C=O) groups is 1. The van der Waals surface area contributed by atoms with Gasteiger partial charge in [0.15, 0.2) is 6.10 Å². The highest BCUT2D eigenvalue weighted by atomic mass is 19.4. The Morgan fingerprint density at radius 2 is 1.91 bits per heavy atom. The Morgan fingerprint density at radius 1 is 1.39 bits per heavy atom. The Morgan fingerprint density at radius 3 is 2.30 bits per heavy atom. The van der Waals surface area contributed by atoms with Crippen LogP contribution in [0, 0.1) is 5.92 Å². The molecule has 1 aliphatic rings. The molecule has 1 saturated heterocycles. The van der Waals surface area contributed by atoms with Crippen LogP contribution in [0.25, 0.3) is 0 Å². The number of nitrogens with zero attached hydrogens (tertiary/aromatic N) is 2. The zero-order chi connectivity index (χ0) is 17.8. The zero-order valence-electron chi connectivity index (χ0n) is 14.1. The molecular formula is C16H27F3N2O2. The fraction of sp³-hybridized carbons (Fsp3) is 0.812. The summed E-state index contributed by atoms with van der Waals surface area (Å²) in [6, 6.07) is -0.377. The first-order chi connectivity index (χ1) is 10.6. The second-order valence-electron chi connectivity index (χ2n) is 6.35. The Labute approximate surface area is 135 Å². The van der Waals surface area contributed by atoms with Gasteiger partial charge in [-0.2, -0.15) is 13.2 Å². The van der Waals surface area contributed by atoms with E-state index in [0.29, 0.717) is 26.2 Å². The third-order valence-electron chi connectivity index (χ3n) is 4.42. The van der Waals surface area contributed by atoms with Gasteiger partial charge in [0.2, 0.25) is 5.91 Å². The molecule has 1 N–H and O–H groups in total.